The Hall–Kier alpha value is -6.52. The zero-order valence-corrected chi connectivity index (χ0v) is 48.1. The van der Waals surface area contributed by atoms with Crippen molar-refractivity contribution in [3.05, 3.63) is 212 Å². The molecule has 0 N–H and O–H groups in total. The van der Waals surface area contributed by atoms with E-state index in [0.29, 0.717) is 27.8 Å². The van der Waals surface area contributed by atoms with Crippen molar-refractivity contribution in [1.82, 2.24) is 0 Å². The molecule has 75 heavy (non-hydrogen) atoms. The molecule has 0 unspecified atom stereocenters. The van der Waals surface area contributed by atoms with E-state index < -0.39 is 45.6 Å². The van der Waals surface area contributed by atoms with Gasteiger partial charge in [-0.1, -0.05) is 120 Å². The molecule has 0 amide bonds. The van der Waals surface area contributed by atoms with Crippen molar-refractivity contribution < 1.29 is 40.2 Å². The molecule has 4 aromatic carbocycles. The van der Waals surface area contributed by atoms with Gasteiger partial charge >= 0.3 is 0 Å². The highest BCUT2D eigenvalue weighted by Gasteiger charge is 2.20. The number of hydrogen-bond acceptors (Lipinski definition) is 0. The number of aromatic nitrogens is 4. The predicted octanol–water partition coefficient (Wildman–Crippen LogP) is 15.9. The van der Waals surface area contributed by atoms with Gasteiger partial charge in [-0.3, -0.25) is 0 Å². The van der Waals surface area contributed by atoms with E-state index in [1.807, 2.05) is 203 Å². The smallest absolute Gasteiger partial charge is 0.201 e. The first-order valence-corrected chi connectivity index (χ1v) is 25.9. The van der Waals surface area contributed by atoms with Crippen LogP contribution in [0.5, 0.6) is 0 Å². The summed E-state index contributed by atoms with van der Waals surface area (Å²) in [6, 6.07) is 33.7. The summed E-state index contributed by atoms with van der Waals surface area (Å²) in [5.74, 6) is -0.901. The molecule has 0 radical (unpaired) electrons. The van der Waals surface area contributed by atoms with E-state index in [4.69, 9.17) is 21.9 Å². The molecule has 0 spiro atoms. The number of benzene rings is 4. The van der Waals surface area contributed by atoms with Gasteiger partial charge in [0.2, 0.25) is 22.8 Å². The monoisotopic (exact) mass is 1020 g/mol. The Kier molecular flexibility index (Phi) is 14.2. The summed E-state index contributed by atoms with van der Waals surface area (Å²) in [5.41, 5.74) is 19.1. The SMILES string of the molecule is [2H]C([2H])(C)c1c[n+](C)c(-c2ccccc2C)cc1C.[2H]C([2H])([2H])c1ccc(-c2cc(C)c(C([2H])(C)C)c[n+]2C)c(C)c1.[2H]C([2H])([2H])c1ccc(-c2cc(C)c(C([2H])([2H])C(C)C)c[n+]2C)c(C)c1.[2H]C([2H])([2H])c1ccc(-c2ccc(C([2H])([2H])C(C)C)c[n+]2C)c(C)c1. The Bertz CT molecular complexity index is 3900. The molecular weight excluding hydrogens is 909 g/mol. The van der Waals surface area contributed by atoms with Gasteiger partial charge in [0.1, 0.15) is 28.2 Å². The molecule has 0 aliphatic heterocycles. The average Bonchev–Trinajstić information content (AvgIpc) is 0.840. The van der Waals surface area contributed by atoms with Gasteiger partial charge in [-0.25, -0.2) is 18.3 Å². The van der Waals surface area contributed by atoms with Gasteiger partial charge in [0.05, 0.1) is 0 Å². The lowest BCUT2D eigenvalue weighted by Crippen LogP contribution is -2.32. The fourth-order valence-corrected chi connectivity index (χ4v) is 9.32. The van der Waals surface area contributed by atoms with Crippen LogP contribution in [0.15, 0.2) is 134 Å². The lowest BCUT2D eigenvalue weighted by molar-refractivity contribution is -0.661. The van der Waals surface area contributed by atoms with Crippen molar-refractivity contribution in [1.29, 1.82) is 0 Å². The second kappa shape index (κ2) is 26.8. The summed E-state index contributed by atoms with van der Waals surface area (Å²) in [6.45, 7) is 20.3. The Labute approximate surface area is 478 Å². The van der Waals surface area contributed by atoms with Gasteiger partial charge < -0.3 is 0 Å². The molecule has 0 aliphatic carbocycles. The lowest BCUT2D eigenvalue weighted by atomic mass is 9.96. The molecule has 0 saturated carbocycles. The molecular formula is C71H94N4+4. The molecule has 4 heterocycles. The van der Waals surface area contributed by atoms with E-state index in [2.05, 4.69) is 31.2 Å². The van der Waals surface area contributed by atoms with E-state index in [1.54, 1.807) is 43.3 Å². The molecule has 394 valence electrons. The summed E-state index contributed by atoms with van der Waals surface area (Å²) in [5, 5.41) is 0. The highest BCUT2D eigenvalue weighted by Crippen LogP contribution is 2.28. The van der Waals surface area contributed by atoms with Crippen LogP contribution in [0.1, 0.15) is 154 Å². The Morgan fingerprint density at radius 1 is 0.413 bits per heavy atom. The molecule has 8 rings (SSSR count). The van der Waals surface area contributed by atoms with Crippen LogP contribution in [-0.4, -0.2) is 0 Å². The number of pyridine rings is 4. The first kappa shape index (κ1) is 39.8. The number of rotatable bonds is 10. The Morgan fingerprint density at radius 3 is 1.25 bits per heavy atom. The van der Waals surface area contributed by atoms with Crippen LogP contribution in [-0.2, 0) is 47.3 Å². The summed E-state index contributed by atoms with van der Waals surface area (Å²) >= 11 is 0. The standard InChI is InChI=1S/C19H26N.2C18H24N.C16H20N/c1-13(2)9-17-12-20(6)19(11-15(17)4)18-8-7-14(3)10-16(18)5;1-12(2)17-11-19(6)18(10-15(17)5)16-8-7-13(3)9-14(16)4;1-13(2)10-16-7-9-18(19(5)12-16)17-8-6-14(3)11-15(17)4;1-5-14-11-17(4)16(10-13(14)3)15-9-7-6-8-12(15)2/h7-8,10-13H,9H2,1-6H3;7-12H,1-6H3;6-9,11-13H,10H2,1-5H3;6-11H,5H2,1-4H3/q4*+1/i3D3,9D2;3D3,12D;3D3,10D2;5D2. The Balaban J connectivity index is 0.000000221. The highest BCUT2D eigenvalue weighted by molar-refractivity contribution is 5.65. The highest BCUT2D eigenvalue weighted by atomic mass is 14.9. The van der Waals surface area contributed by atoms with Crippen molar-refractivity contribution in [2.75, 3.05) is 0 Å². The van der Waals surface area contributed by atoms with Crippen LogP contribution < -0.4 is 18.3 Å². The lowest BCUT2D eigenvalue weighted by Gasteiger charge is -2.11. The first-order valence-electron chi connectivity index (χ1n) is 33.9. The van der Waals surface area contributed by atoms with Crippen LogP contribution in [0.3, 0.4) is 0 Å². The molecule has 0 bridgehead atoms. The molecule has 4 heteroatoms. The fraction of sp³-hybridized carbons (Fsp3) is 0.380. The molecule has 0 saturated heterocycles. The van der Waals surface area contributed by atoms with E-state index in [-0.39, 0.29) is 11.8 Å². The van der Waals surface area contributed by atoms with Crippen molar-refractivity contribution in [2.24, 2.45) is 40.0 Å². The van der Waals surface area contributed by atoms with Crippen molar-refractivity contribution >= 4 is 0 Å². The summed E-state index contributed by atoms with van der Waals surface area (Å²) in [4.78, 5) is 0. The average molecular weight is 1020 g/mol. The second-order valence-corrected chi connectivity index (χ2v) is 20.8. The molecule has 4 aromatic heterocycles. The van der Waals surface area contributed by atoms with E-state index >= 15 is 0 Å². The first-order chi connectivity index (χ1) is 41.5. The zero-order valence-electron chi connectivity index (χ0n) is 64.1. The third-order valence-corrected chi connectivity index (χ3v) is 13.2. The molecule has 0 fully saturated rings. The maximum absolute atomic E-state index is 8.36. The van der Waals surface area contributed by atoms with E-state index in [0.717, 1.165) is 84.0 Å². The van der Waals surface area contributed by atoms with Crippen molar-refractivity contribution in [2.45, 2.75) is 143 Å². The van der Waals surface area contributed by atoms with Crippen LogP contribution >= 0.6 is 0 Å². The number of nitrogens with zero attached hydrogens (tertiary/aromatic N) is 4. The van der Waals surface area contributed by atoms with Gasteiger partial charge in [0, 0.05) is 90.7 Å². The third-order valence-electron chi connectivity index (χ3n) is 13.2. The molecule has 8 aromatic rings. The summed E-state index contributed by atoms with van der Waals surface area (Å²) in [7, 11) is 7.70. The quantitative estimate of drug-likeness (QED) is 0.121. The fourth-order valence-electron chi connectivity index (χ4n) is 9.32. The summed E-state index contributed by atoms with van der Waals surface area (Å²) < 4.78 is 133. The zero-order chi connectivity index (χ0) is 69.2. The number of hydrogen-bond donors (Lipinski definition) is 0. The predicted molar refractivity (Wildman–Crippen MR) is 320 cm³/mol. The van der Waals surface area contributed by atoms with Crippen molar-refractivity contribution in [3.63, 3.8) is 0 Å². The largest absolute Gasteiger partial charge is 0.212 e. The topological polar surface area (TPSA) is 15.5 Å². The molecule has 0 aliphatic rings. The van der Waals surface area contributed by atoms with Gasteiger partial charge in [-0.2, -0.15) is 0 Å². The van der Waals surface area contributed by atoms with Gasteiger partial charge in [-0.05, 0) is 175 Å². The molecule has 0 atom stereocenters. The minimum absolute atomic E-state index is 0.122. The third kappa shape index (κ3) is 16.0. The van der Waals surface area contributed by atoms with Crippen LogP contribution in [0.2, 0.25) is 0 Å². The van der Waals surface area contributed by atoms with Gasteiger partial charge in [0.15, 0.2) is 24.8 Å². The van der Waals surface area contributed by atoms with Gasteiger partial charge in [-0.15, -0.1) is 0 Å². The van der Waals surface area contributed by atoms with Crippen LogP contribution in [0, 0.1) is 80.9 Å². The van der Waals surface area contributed by atoms with Crippen LogP contribution in [0.25, 0.3) is 45.0 Å². The maximum atomic E-state index is 8.36. The minimum Gasteiger partial charge on any atom is -0.201 e. The second-order valence-electron chi connectivity index (χ2n) is 20.8. The van der Waals surface area contributed by atoms with Crippen molar-refractivity contribution in [3.8, 4) is 45.0 Å². The van der Waals surface area contributed by atoms with E-state index in [1.165, 1.54) is 11.1 Å². The Morgan fingerprint density at radius 2 is 0.827 bits per heavy atom. The molecule has 4 nitrogen and oxygen atoms in total. The maximum Gasteiger partial charge on any atom is 0.212 e. The normalized spacial score (nSPS) is 15.4. The van der Waals surface area contributed by atoms with Gasteiger partial charge in [0.25, 0.3) is 0 Å². The number of aryl methyl sites for hydroxylation is 15. The minimum atomic E-state index is -2.11. The van der Waals surface area contributed by atoms with E-state index in [9.17, 15) is 0 Å². The van der Waals surface area contributed by atoms with Crippen LogP contribution in [0.4, 0.5) is 0 Å². The summed E-state index contributed by atoms with van der Waals surface area (Å²) in [6.07, 6.45) is 3.45.